The number of hydrogen-bond donors (Lipinski definition) is 1. The van der Waals surface area contributed by atoms with E-state index in [1.54, 1.807) is 19.2 Å². The third-order valence-corrected chi connectivity index (χ3v) is 3.14. The van der Waals surface area contributed by atoms with Gasteiger partial charge in [0.1, 0.15) is 12.1 Å². The summed E-state index contributed by atoms with van der Waals surface area (Å²) in [6.07, 6.45) is 3.01. The second kappa shape index (κ2) is 5.80. The first-order valence-corrected chi connectivity index (χ1v) is 6.89. The van der Waals surface area contributed by atoms with Crippen LogP contribution in [0.15, 0.2) is 36.8 Å². The van der Waals surface area contributed by atoms with Gasteiger partial charge in [-0.2, -0.15) is 10.1 Å². The zero-order valence-electron chi connectivity index (χ0n) is 12.3. The van der Waals surface area contributed by atoms with Crippen molar-refractivity contribution in [1.29, 1.82) is 0 Å². The second-order valence-corrected chi connectivity index (χ2v) is 4.63. The predicted molar refractivity (Wildman–Crippen MR) is 81.1 cm³/mol. The van der Waals surface area contributed by atoms with Crippen molar-refractivity contribution < 1.29 is 9.53 Å². The van der Waals surface area contributed by atoms with E-state index in [1.807, 2.05) is 25.1 Å². The van der Waals surface area contributed by atoms with Crippen LogP contribution in [-0.4, -0.2) is 32.1 Å². The van der Waals surface area contributed by atoms with Gasteiger partial charge in [0, 0.05) is 6.20 Å². The second-order valence-electron chi connectivity index (χ2n) is 4.63. The lowest BCUT2D eigenvalue weighted by atomic mass is 10.2. The number of amides is 1. The normalized spacial score (nSPS) is 10.6. The summed E-state index contributed by atoms with van der Waals surface area (Å²) in [5, 5.41) is 6.84. The van der Waals surface area contributed by atoms with E-state index in [2.05, 4.69) is 20.4 Å². The van der Waals surface area contributed by atoms with Crippen LogP contribution in [0.5, 0.6) is 5.75 Å². The summed E-state index contributed by atoms with van der Waals surface area (Å²) in [5.41, 5.74) is 1.64. The van der Waals surface area contributed by atoms with Gasteiger partial charge >= 0.3 is 0 Å². The molecule has 22 heavy (non-hydrogen) atoms. The highest BCUT2D eigenvalue weighted by atomic mass is 16.5. The fourth-order valence-electron chi connectivity index (χ4n) is 2.10. The van der Waals surface area contributed by atoms with E-state index in [0.717, 1.165) is 0 Å². The summed E-state index contributed by atoms with van der Waals surface area (Å²) >= 11 is 0. The fraction of sp³-hybridized carbons (Fsp3) is 0.200. The van der Waals surface area contributed by atoms with E-state index in [1.165, 1.54) is 10.8 Å². The van der Waals surface area contributed by atoms with Crippen molar-refractivity contribution in [3.8, 4) is 5.75 Å². The molecule has 3 aromatic rings. The van der Waals surface area contributed by atoms with Crippen molar-refractivity contribution in [2.24, 2.45) is 0 Å². The van der Waals surface area contributed by atoms with Gasteiger partial charge in [-0.05, 0) is 26.0 Å². The van der Waals surface area contributed by atoms with Crippen LogP contribution in [0.1, 0.15) is 23.0 Å². The SMILES string of the molecule is CCOc1ccccc1NC(=O)c1cn2ncnc2nc1C. The van der Waals surface area contributed by atoms with E-state index in [0.29, 0.717) is 35.1 Å². The highest BCUT2D eigenvalue weighted by Crippen LogP contribution is 2.24. The van der Waals surface area contributed by atoms with Crippen molar-refractivity contribution >= 4 is 17.4 Å². The maximum Gasteiger partial charge on any atom is 0.259 e. The number of nitrogens with one attached hydrogen (secondary N) is 1. The van der Waals surface area contributed by atoms with E-state index in [4.69, 9.17) is 4.74 Å². The number of rotatable bonds is 4. The Balaban J connectivity index is 1.91. The molecule has 112 valence electrons. The van der Waals surface area contributed by atoms with Crippen molar-refractivity contribution in [3.05, 3.63) is 48.0 Å². The van der Waals surface area contributed by atoms with Crippen LogP contribution in [-0.2, 0) is 0 Å². The molecule has 2 aromatic heterocycles. The molecule has 0 saturated heterocycles. The minimum atomic E-state index is -0.269. The van der Waals surface area contributed by atoms with Gasteiger partial charge in [-0.15, -0.1) is 0 Å². The summed E-state index contributed by atoms with van der Waals surface area (Å²) in [6, 6.07) is 7.29. The summed E-state index contributed by atoms with van der Waals surface area (Å²) in [6.45, 7) is 4.18. The summed E-state index contributed by atoms with van der Waals surface area (Å²) in [5.74, 6) is 0.823. The number of para-hydroxylation sites is 2. The first kappa shape index (κ1) is 14.0. The molecule has 1 amide bonds. The Hall–Kier alpha value is -2.96. The zero-order valence-corrected chi connectivity index (χ0v) is 12.3. The molecule has 2 heterocycles. The maximum atomic E-state index is 12.5. The number of hydrogen-bond acceptors (Lipinski definition) is 5. The molecule has 0 aliphatic heterocycles. The Kier molecular flexibility index (Phi) is 3.69. The van der Waals surface area contributed by atoms with E-state index in [-0.39, 0.29) is 5.91 Å². The smallest absolute Gasteiger partial charge is 0.259 e. The lowest BCUT2D eigenvalue weighted by Gasteiger charge is -2.12. The molecular weight excluding hydrogens is 282 g/mol. The molecule has 0 radical (unpaired) electrons. The first-order valence-electron chi connectivity index (χ1n) is 6.89. The Morgan fingerprint density at radius 1 is 1.36 bits per heavy atom. The van der Waals surface area contributed by atoms with Crippen LogP contribution in [0.4, 0.5) is 5.69 Å². The molecule has 0 bridgehead atoms. The van der Waals surface area contributed by atoms with E-state index >= 15 is 0 Å². The molecular formula is C15H15N5O2. The first-order chi connectivity index (χ1) is 10.7. The van der Waals surface area contributed by atoms with Gasteiger partial charge in [-0.1, -0.05) is 12.1 Å². The molecule has 0 aliphatic rings. The van der Waals surface area contributed by atoms with Crippen LogP contribution in [0, 0.1) is 6.92 Å². The summed E-state index contributed by atoms with van der Waals surface area (Å²) in [4.78, 5) is 20.7. The van der Waals surface area contributed by atoms with Crippen LogP contribution in [0.25, 0.3) is 5.78 Å². The zero-order chi connectivity index (χ0) is 15.5. The highest BCUT2D eigenvalue weighted by molar-refractivity contribution is 6.05. The van der Waals surface area contributed by atoms with Gasteiger partial charge in [-0.3, -0.25) is 4.79 Å². The number of nitrogens with zero attached hydrogens (tertiary/aromatic N) is 4. The van der Waals surface area contributed by atoms with Crippen LogP contribution in [0.2, 0.25) is 0 Å². The Morgan fingerprint density at radius 2 is 2.18 bits per heavy atom. The quantitative estimate of drug-likeness (QED) is 0.797. The lowest BCUT2D eigenvalue weighted by Crippen LogP contribution is -2.16. The Labute approximate surface area is 127 Å². The van der Waals surface area contributed by atoms with E-state index < -0.39 is 0 Å². The van der Waals surface area contributed by atoms with Gasteiger partial charge in [0.05, 0.1) is 23.6 Å². The Bertz CT molecular complexity index is 828. The Morgan fingerprint density at radius 3 is 3.00 bits per heavy atom. The molecule has 7 nitrogen and oxygen atoms in total. The number of anilines is 1. The maximum absolute atomic E-state index is 12.5. The molecule has 3 rings (SSSR count). The molecule has 1 aromatic carbocycles. The van der Waals surface area contributed by atoms with Gasteiger partial charge in [-0.25, -0.2) is 9.50 Å². The van der Waals surface area contributed by atoms with Crippen LogP contribution < -0.4 is 10.1 Å². The van der Waals surface area contributed by atoms with Crippen molar-refractivity contribution in [2.45, 2.75) is 13.8 Å². The monoisotopic (exact) mass is 297 g/mol. The molecule has 0 fully saturated rings. The lowest BCUT2D eigenvalue weighted by molar-refractivity contribution is 0.102. The van der Waals surface area contributed by atoms with Gasteiger partial charge in [0.25, 0.3) is 11.7 Å². The molecule has 7 heteroatoms. The number of benzene rings is 1. The number of aromatic nitrogens is 4. The van der Waals surface area contributed by atoms with Gasteiger partial charge in [0.15, 0.2) is 0 Å². The average molecular weight is 297 g/mol. The van der Waals surface area contributed by atoms with Crippen molar-refractivity contribution in [2.75, 3.05) is 11.9 Å². The van der Waals surface area contributed by atoms with Crippen LogP contribution in [0.3, 0.4) is 0 Å². The fourth-order valence-corrected chi connectivity index (χ4v) is 2.10. The largest absolute Gasteiger partial charge is 0.492 e. The third kappa shape index (κ3) is 2.60. The molecule has 0 aliphatic carbocycles. The molecule has 0 saturated carbocycles. The minimum Gasteiger partial charge on any atom is -0.492 e. The number of ether oxygens (including phenoxy) is 1. The predicted octanol–water partition coefficient (Wildman–Crippen LogP) is 2.08. The van der Waals surface area contributed by atoms with Gasteiger partial charge < -0.3 is 10.1 Å². The number of fused-ring (bicyclic) bond motifs is 1. The summed E-state index contributed by atoms with van der Waals surface area (Å²) < 4.78 is 6.97. The summed E-state index contributed by atoms with van der Waals surface area (Å²) in [7, 11) is 0. The number of carbonyl (C=O) groups is 1. The van der Waals surface area contributed by atoms with E-state index in [9.17, 15) is 4.79 Å². The van der Waals surface area contributed by atoms with Gasteiger partial charge in [0.2, 0.25) is 0 Å². The molecule has 0 unspecified atom stereocenters. The molecule has 0 atom stereocenters. The standard InChI is InChI=1S/C15H15N5O2/c1-3-22-13-7-5-4-6-12(13)19-14(21)11-8-20-15(16-9-17-20)18-10(11)2/h4-9H,3H2,1-2H3,(H,19,21). The average Bonchev–Trinajstić information content (AvgIpc) is 2.95. The highest BCUT2D eigenvalue weighted by Gasteiger charge is 2.14. The molecule has 1 N–H and O–H groups in total. The van der Waals surface area contributed by atoms with Crippen molar-refractivity contribution in [1.82, 2.24) is 19.6 Å². The number of aryl methyl sites for hydroxylation is 1. The van der Waals surface area contributed by atoms with Crippen LogP contribution >= 0.6 is 0 Å². The minimum absolute atomic E-state index is 0.269. The number of carbonyl (C=O) groups excluding carboxylic acids is 1. The third-order valence-electron chi connectivity index (χ3n) is 3.14. The molecule has 0 spiro atoms. The topological polar surface area (TPSA) is 81.4 Å². The van der Waals surface area contributed by atoms with Crippen molar-refractivity contribution in [3.63, 3.8) is 0 Å².